The molecule has 18 heavy (non-hydrogen) atoms. The third-order valence-electron chi connectivity index (χ3n) is 3.36. The van der Waals surface area contributed by atoms with E-state index in [4.69, 9.17) is 28.9 Å². The first-order valence-corrected chi connectivity index (χ1v) is 6.75. The Morgan fingerprint density at radius 1 is 1.39 bits per heavy atom. The Balaban J connectivity index is 2.51. The van der Waals surface area contributed by atoms with E-state index in [0.29, 0.717) is 11.6 Å². The lowest BCUT2D eigenvalue weighted by Gasteiger charge is -2.34. The highest BCUT2D eigenvalue weighted by molar-refractivity contribution is 6.34. The molecule has 0 aliphatic heterocycles. The summed E-state index contributed by atoms with van der Waals surface area (Å²) in [6.45, 7) is 4.53. The van der Waals surface area contributed by atoms with Crippen LogP contribution in [-0.2, 0) is 0 Å². The van der Waals surface area contributed by atoms with Crippen molar-refractivity contribution in [3.8, 4) is 0 Å². The summed E-state index contributed by atoms with van der Waals surface area (Å²) >= 11 is 12.7. The van der Waals surface area contributed by atoms with Crippen molar-refractivity contribution in [2.45, 2.75) is 18.7 Å². The molecule has 0 radical (unpaired) electrons. The van der Waals surface area contributed by atoms with Crippen molar-refractivity contribution in [1.82, 2.24) is 0 Å². The van der Waals surface area contributed by atoms with Gasteiger partial charge in [0.1, 0.15) is 0 Å². The topological polar surface area (TPSA) is 26.0 Å². The zero-order chi connectivity index (χ0) is 13.3. The van der Waals surface area contributed by atoms with Crippen LogP contribution in [0, 0.1) is 12.8 Å². The van der Waals surface area contributed by atoms with Gasteiger partial charge in [-0.2, -0.15) is 0 Å². The third kappa shape index (κ3) is 2.64. The van der Waals surface area contributed by atoms with Gasteiger partial charge >= 0.3 is 0 Å². The van der Waals surface area contributed by atoms with Crippen molar-refractivity contribution >= 4 is 28.8 Å². The van der Waals surface area contributed by atoms with Gasteiger partial charge in [-0.15, -0.1) is 11.6 Å². The molecule has 1 aromatic carbocycles. The van der Waals surface area contributed by atoms with E-state index in [2.05, 4.69) is 25.1 Å². The lowest BCUT2D eigenvalue weighted by atomic mass is 9.79. The molecular weight excluding hydrogens is 265 g/mol. The van der Waals surface area contributed by atoms with E-state index >= 15 is 0 Å². The number of hydrogen-bond donors (Lipinski definition) is 1. The molecular formula is C15H17Cl2N. The van der Waals surface area contributed by atoms with Gasteiger partial charge in [-0.3, -0.25) is 0 Å². The first-order chi connectivity index (χ1) is 8.44. The van der Waals surface area contributed by atoms with Crippen molar-refractivity contribution in [3.05, 3.63) is 52.6 Å². The summed E-state index contributed by atoms with van der Waals surface area (Å²) < 4.78 is 0. The lowest BCUT2D eigenvalue weighted by molar-refractivity contribution is 0.565. The smallest absolute Gasteiger partial charge is 0.0695 e. The second kappa shape index (κ2) is 5.08. The van der Waals surface area contributed by atoms with Gasteiger partial charge in [0, 0.05) is 17.5 Å². The summed E-state index contributed by atoms with van der Waals surface area (Å²) in [6, 6.07) is 8.32. The van der Waals surface area contributed by atoms with Crippen LogP contribution in [0.4, 0.5) is 0 Å². The molecule has 1 nitrogen and oxygen atoms in total. The zero-order valence-corrected chi connectivity index (χ0v) is 12.1. The van der Waals surface area contributed by atoms with E-state index < -0.39 is 4.87 Å². The van der Waals surface area contributed by atoms with Gasteiger partial charge in [0.05, 0.1) is 4.87 Å². The average Bonchev–Trinajstić information content (AvgIpc) is 2.26. The fourth-order valence-electron chi connectivity index (χ4n) is 2.43. The van der Waals surface area contributed by atoms with E-state index in [1.807, 2.05) is 25.1 Å². The Morgan fingerprint density at radius 2 is 2.11 bits per heavy atom. The van der Waals surface area contributed by atoms with Crippen LogP contribution in [0.3, 0.4) is 0 Å². The van der Waals surface area contributed by atoms with Crippen molar-refractivity contribution in [1.29, 1.82) is 0 Å². The highest BCUT2D eigenvalue weighted by Crippen LogP contribution is 2.42. The minimum Gasteiger partial charge on any atom is -0.330 e. The largest absolute Gasteiger partial charge is 0.330 e. The predicted molar refractivity (Wildman–Crippen MR) is 79.9 cm³/mol. The maximum atomic E-state index is 6.54. The quantitative estimate of drug-likeness (QED) is 0.812. The van der Waals surface area contributed by atoms with E-state index in [0.717, 1.165) is 11.1 Å². The summed E-state index contributed by atoms with van der Waals surface area (Å²) in [5.41, 5.74) is 9.37. The van der Waals surface area contributed by atoms with Gasteiger partial charge in [-0.25, -0.2) is 0 Å². The van der Waals surface area contributed by atoms with E-state index in [9.17, 15) is 0 Å². The molecule has 0 spiro atoms. The maximum absolute atomic E-state index is 6.54. The van der Waals surface area contributed by atoms with Crippen molar-refractivity contribution in [2.24, 2.45) is 11.7 Å². The van der Waals surface area contributed by atoms with Crippen LogP contribution in [0.25, 0.3) is 5.57 Å². The van der Waals surface area contributed by atoms with Crippen LogP contribution in [0.5, 0.6) is 0 Å². The zero-order valence-electron chi connectivity index (χ0n) is 10.6. The molecule has 1 aromatic rings. The van der Waals surface area contributed by atoms with E-state index in [-0.39, 0.29) is 5.92 Å². The minimum absolute atomic E-state index is 0.0727. The van der Waals surface area contributed by atoms with Crippen LogP contribution < -0.4 is 5.73 Å². The fraction of sp³-hybridized carbons (Fsp3) is 0.333. The Kier molecular flexibility index (Phi) is 3.86. The predicted octanol–water partition coefficient (Wildman–Crippen LogP) is 4.09. The Morgan fingerprint density at radius 3 is 2.72 bits per heavy atom. The Hall–Kier alpha value is -0.760. The van der Waals surface area contributed by atoms with Gasteiger partial charge in [0.2, 0.25) is 0 Å². The van der Waals surface area contributed by atoms with Gasteiger partial charge in [0.15, 0.2) is 0 Å². The van der Waals surface area contributed by atoms with Crippen molar-refractivity contribution in [2.75, 3.05) is 6.54 Å². The van der Waals surface area contributed by atoms with Gasteiger partial charge < -0.3 is 5.73 Å². The van der Waals surface area contributed by atoms with Crippen molar-refractivity contribution < 1.29 is 0 Å². The summed E-state index contributed by atoms with van der Waals surface area (Å²) in [7, 11) is 0. The molecule has 0 fully saturated rings. The van der Waals surface area contributed by atoms with Crippen molar-refractivity contribution in [3.63, 3.8) is 0 Å². The molecule has 1 aliphatic carbocycles. The summed E-state index contributed by atoms with van der Waals surface area (Å²) in [5.74, 6) is 0.0727. The molecule has 2 atom stereocenters. The van der Waals surface area contributed by atoms with Gasteiger partial charge in [0.25, 0.3) is 0 Å². The molecule has 2 rings (SSSR count). The SMILES string of the molecule is Cc1cccc(C2=CC(Cl)=CC(C)(Cl)C2CN)c1. The van der Waals surface area contributed by atoms with Crippen LogP contribution in [0.2, 0.25) is 0 Å². The molecule has 0 saturated heterocycles. The number of hydrogen-bond acceptors (Lipinski definition) is 1. The number of benzene rings is 1. The van der Waals surface area contributed by atoms with Gasteiger partial charge in [-0.05, 0) is 37.1 Å². The normalized spacial score (nSPS) is 27.7. The number of allylic oxidation sites excluding steroid dienone is 3. The second-order valence-electron chi connectivity index (χ2n) is 4.94. The Bertz CT molecular complexity index is 515. The number of aryl methyl sites for hydroxylation is 1. The highest BCUT2D eigenvalue weighted by Gasteiger charge is 2.35. The summed E-state index contributed by atoms with van der Waals surface area (Å²) in [5, 5.41) is 0.675. The first kappa shape index (κ1) is 13.7. The van der Waals surface area contributed by atoms with E-state index in [1.54, 1.807) is 0 Å². The molecule has 1 aliphatic rings. The molecule has 0 heterocycles. The molecule has 2 N–H and O–H groups in total. The van der Waals surface area contributed by atoms with Crippen LogP contribution in [0.1, 0.15) is 18.1 Å². The highest BCUT2D eigenvalue weighted by atomic mass is 35.5. The number of nitrogens with two attached hydrogens (primary N) is 1. The molecule has 0 amide bonds. The average molecular weight is 282 g/mol. The number of halogens is 2. The maximum Gasteiger partial charge on any atom is 0.0695 e. The third-order valence-corrected chi connectivity index (χ3v) is 3.95. The molecule has 96 valence electrons. The number of rotatable bonds is 2. The monoisotopic (exact) mass is 281 g/mol. The minimum atomic E-state index is -0.528. The first-order valence-electron chi connectivity index (χ1n) is 6.00. The number of alkyl halides is 1. The standard InChI is InChI=1S/C15H17Cl2N/c1-10-4-3-5-11(6-10)13-7-12(16)8-15(2,17)14(13)9-18/h3-8,14H,9,18H2,1-2H3. The molecule has 3 heteroatoms. The van der Waals surface area contributed by atoms with E-state index in [1.165, 1.54) is 5.56 Å². The Labute approximate surface area is 118 Å². The van der Waals surface area contributed by atoms with Crippen LogP contribution in [-0.4, -0.2) is 11.4 Å². The molecule has 0 bridgehead atoms. The fourth-order valence-corrected chi connectivity index (χ4v) is 3.16. The summed E-state index contributed by atoms with van der Waals surface area (Å²) in [4.78, 5) is -0.528. The molecule has 0 aromatic heterocycles. The van der Waals surface area contributed by atoms with Crippen LogP contribution in [0.15, 0.2) is 41.4 Å². The van der Waals surface area contributed by atoms with Gasteiger partial charge in [-0.1, -0.05) is 41.4 Å². The molecule has 2 unspecified atom stereocenters. The summed E-state index contributed by atoms with van der Waals surface area (Å²) in [6.07, 6.45) is 3.84. The lowest BCUT2D eigenvalue weighted by Crippen LogP contribution is -2.35. The molecule has 0 saturated carbocycles. The van der Waals surface area contributed by atoms with Crippen LogP contribution >= 0.6 is 23.2 Å². The second-order valence-corrected chi connectivity index (χ2v) is 6.19.